The molecule has 0 aliphatic carbocycles. The van der Waals surface area contributed by atoms with Gasteiger partial charge >= 0.3 is 11.9 Å². The summed E-state index contributed by atoms with van der Waals surface area (Å²) in [6.07, 6.45) is 0. The molecule has 0 aromatic carbocycles. The zero-order valence-corrected chi connectivity index (χ0v) is 14.0. The molecular formula is C13H25O5Si. The van der Waals surface area contributed by atoms with Gasteiger partial charge in [-0.15, -0.1) is 0 Å². The topological polar surface area (TPSA) is 61.8 Å². The minimum Gasteiger partial charge on any atom is -0.463 e. The first-order chi connectivity index (χ1) is 8.63. The highest BCUT2D eigenvalue weighted by Crippen LogP contribution is 2.37. The van der Waals surface area contributed by atoms with Gasteiger partial charge in [-0.25, -0.2) is 9.59 Å². The Morgan fingerprint density at radius 2 is 1.32 bits per heavy atom. The fourth-order valence-electron chi connectivity index (χ4n) is 1.70. The van der Waals surface area contributed by atoms with E-state index in [1.807, 2.05) is 13.1 Å². The molecule has 111 valence electrons. The standard InChI is InChI=1S/C13H25O5Si/c1-8-16-10(14)13(12(3,4)5,18-19(6)7)11(15)17-9-2/h8-9H2,1-7H3. The van der Waals surface area contributed by atoms with Gasteiger partial charge in [0.25, 0.3) is 5.60 Å². The fourth-order valence-corrected chi connectivity index (χ4v) is 2.79. The molecule has 0 spiro atoms. The van der Waals surface area contributed by atoms with Crippen molar-refractivity contribution in [2.75, 3.05) is 13.2 Å². The van der Waals surface area contributed by atoms with Gasteiger partial charge in [0.15, 0.2) is 0 Å². The molecule has 0 aromatic heterocycles. The molecule has 0 fully saturated rings. The average Bonchev–Trinajstić information content (AvgIpc) is 2.24. The molecule has 0 heterocycles. The largest absolute Gasteiger partial charge is 0.463 e. The number of carbonyl (C=O) groups excluding carboxylic acids is 2. The minimum atomic E-state index is -1.70. The highest BCUT2D eigenvalue weighted by Gasteiger charge is 2.59. The predicted molar refractivity (Wildman–Crippen MR) is 74.0 cm³/mol. The maximum absolute atomic E-state index is 12.3. The summed E-state index contributed by atoms with van der Waals surface area (Å²) in [4.78, 5) is 24.7. The van der Waals surface area contributed by atoms with Crippen molar-refractivity contribution in [3.8, 4) is 0 Å². The summed E-state index contributed by atoms with van der Waals surface area (Å²) in [6.45, 7) is 12.8. The summed E-state index contributed by atoms with van der Waals surface area (Å²) in [7, 11) is -1.30. The summed E-state index contributed by atoms with van der Waals surface area (Å²) in [6, 6.07) is 0. The van der Waals surface area contributed by atoms with Crippen LogP contribution >= 0.6 is 0 Å². The zero-order valence-electron chi connectivity index (χ0n) is 13.0. The Hall–Kier alpha value is -0.883. The Morgan fingerprint density at radius 1 is 0.947 bits per heavy atom. The van der Waals surface area contributed by atoms with Crippen LogP contribution in [0.4, 0.5) is 0 Å². The lowest BCUT2D eigenvalue weighted by molar-refractivity contribution is -0.192. The van der Waals surface area contributed by atoms with Crippen molar-refractivity contribution in [3.63, 3.8) is 0 Å². The van der Waals surface area contributed by atoms with E-state index in [4.69, 9.17) is 13.9 Å². The molecule has 1 radical (unpaired) electrons. The van der Waals surface area contributed by atoms with Crippen molar-refractivity contribution in [2.45, 2.75) is 53.3 Å². The molecule has 0 rings (SSSR count). The first-order valence-electron chi connectivity index (χ1n) is 6.47. The Morgan fingerprint density at radius 3 is 1.53 bits per heavy atom. The summed E-state index contributed by atoms with van der Waals surface area (Å²) < 4.78 is 15.9. The molecule has 0 aromatic rings. The number of esters is 2. The van der Waals surface area contributed by atoms with E-state index >= 15 is 0 Å². The van der Waals surface area contributed by atoms with Gasteiger partial charge in [0.05, 0.1) is 13.2 Å². The summed E-state index contributed by atoms with van der Waals surface area (Å²) in [5.41, 5.74) is -2.45. The lowest BCUT2D eigenvalue weighted by Crippen LogP contribution is -2.61. The SMILES string of the molecule is CCOC(=O)C(O[Si](C)C)(C(=O)OCC)C(C)(C)C. The molecular weight excluding hydrogens is 264 g/mol. The minimum absolute atomic E-state index is 0.189. The van der Waals surface area contributed by atoms with Gasteiger partial charge < -0.3 is 13.9 Å². The molecule has 6 heteroatoms. The number of carbonyl (C=O) groups is 2. The maximum atomic E-state index is 12.3. The van der Waals surface area contributed by atoms with Crippen LogP contribution in [0.15, 0.2) is 0 Å². The van der Waals surface area contributed by atoms with Gasteiger partial charge in [0, 0.05) is 5.41 Å². The molecule has 0 amide bonds. The van der Waals surface area contributed by atoms with Crippen molar-refractivity contribution < 1.29 is 23.5 Å². The van der Waals surface area contributed by atoms with E-state index in [9.17, 15) is 9.59 Å². The summed E-state index contributed by atoms with van der Waals surface area (Å²) in [5, 5.41) is 0. The lowest BCUT2D eigenvalue weighted by Gasteiger charge is -2.40. The summed E-state index contributed by atoms with van der Waals surface area (Å²) in [5.74, 6) is -1.35. The van der Waals surface area contributed by atoms with Gasteiger partial charge in [-0.3, -0.25) is 0 Å². The van der Waals surface area contributed by atoms with Crippen molar-refractivity contribution in [1.29, 1.82) is 0 Å². The van der Waals surface area contributed by atoms with Gasteiger partial charge in [-0.1, -0.05) is 20.8 Å². The Labute approximate surface area is 117 Å². The number of hydrogen-bond donors (Lipinski definition) is 0. The third kappa shape index (κ3) is 4.04. The molecule has 0 N–H and O–H groups in total. The molecule has 0 bridgehead atoms. The zero-order chi connectivity index (χ0) is 15.3. The van der Waals surface area contributed by atoms with E-state index < -0.39 is 32.0 Å². The lowest BCUT2D eigenvalue weighted by atomic mass is 9.76. The number of rotatable bonds is 6. The molecule has 19 heavy (non-hydrogen) atoms. The van der Waals surface area contributed by atoms with Gasteiger partial charge in [-0.2, -0.15) is 0 Å². The van der Waals surface area contributed by atoms with E-state index in [1.165, 1.54) is 0 Å². The van der Waals surface area contributed by atoms with Crippen LogP contribution in [0.1, 0.15) is 34.6 Å². The van der Waals surface area contributed by atoms with Crippen molar-refractivity contribution >= 4 is 21.0 Å². The normalized spacial score (nSPS) is 12.4. The van der Waals surface area contributed by atoms with Crippen LogP contribution < -0.4 is 0 Å². The first kappa shape index (κ1) is 18.1. The van der Waals surface area contributed by atoms with Gasteiger partial charge in [0.2, 0.25) is 9.04 Å². The maximum Gasteiger partial charge on any atom is 0.349 e. The van der Waals surface area contributed by atoms with Crippen LogP contribution in [0.2, 0.25) is 13.1 Å². The van der Waals surface area contributed by atoms with E-state index in [0.717, 1.165) is 0 Å². The predicted octanol–water partition coefficient (Wildman–Crippen LogP) is 2.17. The highest BCUT2D eigenvalue weighted by atomic mass is 28.3. The van der Waals surface area contributed by atoms with Crippen LogP contribution in [-0.2, 0) is 23.5 Å². The molecule has 0 saturated carbocycles. The Kier molecular flexibility index (Phi) is 6.72. The van der Waals surface area contributed by atoms with E-state index in [1.54, 1.807) is 34.6 Å². The second kappa shape index (κ2) is 7.05. The molecule has 0 unspecified atom stereocenters. The first-order valence-corrected chi connectivity index (χ1v) is 8.87. The third-order valence-electron chi connectivity index (χ3n) is 2.54. The molecule has 0 aliphatic rings. The number of hydrogen-bond acceptors (Lipinski definition) is 5. The highest BCUT2D eigenvalue weighted by molar-refractivity contribution is 6.49. The average molecular weight is 289 g/mol. The van der Waals surface area contributed by atoms with Crippen molar-refractivity contribution in [2.24, 2.45) is 5.41 Å². The van der Waals surface area contributed by atoms with E-state index in [2.05, 4.69) is 0 Å². The smallest absolute Gasteiger partial charge is 0.349 e. The Balaban J connectivity index is 5.72. The van der Waals surface area contributed by atoms with Crippen LogP contribution in [0, 0.1) is 5.41 Å². The van der Waals surface area contributed by atoms with E-state index in [-0.39, 0.29) is 13.2 Å². The molecule has 0 saturated heterocycles. The molecule has 0 aliphatic heterocycles. The van der Waals surface area contributed by atoms with Gasteiger partial charge in [-0.05, 0) is 26.9 Å². The second-order valence-electron chi connectivity index (χ2n) is 5.38. The summed E-state index contributed by atoms with van der Waals surface area (Å²) >= 11 is 0. The van der Waals surface area contributed by atoms with Gasteiger partial charge in [0.1, 0.15) is 0 Å². The monoisotopic (exact) mass is 289 g/mol. The fraction of sp³-hybridized carbons (Fsp3) is 0.846. The van der Waals surface area contributed by atoms with Crippen molar-refractivity contribution in [1.82, 2.24) is 0 Å². The van der Waals surface area contributed by atoms with E-state index in [0.29, 0.717) is 0 Å². The molecule has 5 nitrogen and oxygen atoms in total. The van der Waals surface area contributed by atoms with Crippen LogP contribution in [0.5, 0.6) is 0 Å². The third-order valence-corrected chi connectivity index (χ3v) is 3.25. The second-order valence-corrected chi connectivity index (χ2v) is 7.40. The van der Waals surface area contributed by atoms with Crippen LogP contribution in [0.25, 0.3) is 0 Å². The molecule has 0 atom stereocenters. The number of ether oxygens (including phenoxy) is 2. The van der Waals surface area contributed by atoms with Crippen molar-refractivity contribution in [3.05, 3.63) is 0 Å². The van der Waals surface area contributed by atoms with Crippen LogP contribution in [-0.4, -0.2) is 39.8 Å². The Bertz CT molecular complexity index is 301. The quantitative estimate of drug-likeness (QED) is 0.426. The van der Waals surface area contributed by atoms with Crippen LogP contribution in [0.3, 0.4) is 0 Å².